The molecule has 1 heterocycles. The first kappa shape index (κ1) is 11.1. The molecule has 2 heteroatoms. The van der Waals surface area contributed by atoms with Crippen LogP contribution in [0, 0.1) is 10.8 Å². The van der Waals surface area contributed by atoms with Crippen LogP contribution < -0.4 is 0 Å². The third-order valence-corrected chi connectivity index (χ3v) is 4.93. The number of hydrogen-bond acceptors (Lipinski definition) is 2. The normalized spacial score (nSPS) is 22.3. The van der Waals surface area contributed by atoms with Crippen molar-refractivity contribution in [1.29, 1.82) is 0 Å². The van der Waals surface area contributed by atoms with Gasteiger partial charge in [0.1, 0.15) is 0 Å². The highest BCUT2D eigenvalue weighted by Gasteiger charge is 2.51. The van der Waals surface area contributed by atoms with Crippen LogP contribution in [0.2, 0.25) is 0 Å². The van der Waals surface area contributed by atoms with Crippen molar-refractivity contribution in [3.63, 3.8) is 0 Å². The van der Waals surface area contributed by atoms with E-state index in [1.165, 1.54) is 0 Å². The van der Waals surface area contributed by atoms with Crippen molar-refractivity contribution < 1.29 is 0 Å². The van der Waals surface area contributed by atoms with Crippen LogP contribution in [0.4, 0.5) is 0 Å². The summed E-state index contributed by atoms with van der Waals surface area (Å²) in [5, 5.41) is 0. The molecule has 0 saturated heterocycles. The first-order chi connectivity index (χ1) is 5.71. The SMILES string of the molecule is CC(C)(C)C1(C(C)(C)C)C=NCS1. The number of nitrogens with zero attached hydrogens (tertiary/aromatic N) is 1. The summed E-state index contributed by atoms with van der Waals surface area (Å²) >= 11 is 1.98. The van der Waals surface area contributed by atoms with E-state index in [-0.39, 0.29) is 15.6 Å². The summed E-state index contributed by atoms with van der Waals surface area (Å²) < 4.78 is 0.194. The quantitative estimate of drug-likeness (QED) is 0.581. The highest BCUT2D eigenvalue weighted by molar-refractivity contribution is 8.01. The smallest absolute Gasteiger partial charge is 0.0850 e. The summed E-state index contributed by atoms with van der Waals surface area (Å²) in [4.78, 5) is 4.41. The van der Waals surface area contributed by atoms with Crippen molar-refractivity contribution in [1.82, 2.24) is 0 Å². The van der Waals surface area contributed by atoms with Crippen LogP contribution in [0.25, 0.3) is 0 Å². The van der Waals surface area contributed by atoms with Gasteiger partial charge >= 0.3 is 0 Å². The molecule has 0 amide bonds. The Morgan fingerprint density at radius 1 is 1.08 bits per heavy atom. The van der Waals surface area contributed by atoms with Crippen molar-refractivity contribution >= 4 is 18.0 Å². The molecule has 0 bridgehead atoms. The van der Waals surface area contributed by atoms with Gasteiger partial charge in [-0.3, -0.25) is 4.99 Å². The zero-order chi connectivity index (χ0) is 10.3. The minimum absolute atomic E-state index is 0.194. The fraction of sp³-hybridized carbons (Fsp3) is 0.909. The number of rotatable bonds is 0. The second-order valence-electron chi connectivity index (χ2n) is 5.82. The maximum absolute atomic E-state index is 4.41. The lowest BCUT2D eigenvalue weighted by Crippen LogP contribution is -2.50. The molecule has 0 fully saturated rings. The van der Waals surface area contributed by atoms with Gasteiger partial charge in [-0.05, 0) is 10.8 Å². The van der Waals surface area contributed by atoms with E-state index < -0.39 is 0 Å². The Bertz CT molecular complexity index is 203. The van der Waals surface area contributed by atoms with Crippen LogP contribution in [-0.2, 0) is 0 Å². The molecule has 0 unspecified atom stereocenters. The van der Waals surface area contributed by atoms with E-state index in [2.05, 4.69) is 52.7 Å². The second-order valence-corrected chi connectivity index (χ2v) is 7.01. The van der Waals surface area contributed by atoms with Crippen LogP contribution in [0.15, 0.2) is 4.99 Å². The Balaban J connectivity index is 3.11. The van der Waals surface area contributed by atoms with Gasteiger partial charge in [0.25, 0.3) is 0 Å². The number of aliphatic imine (C=N–C) groups is 1. The van der Waals surface area contributed by atoms with Crippen LogP contribution in [0.3, 0.4) is 0 Å². The summed E-state index contributed by atoms with van der Waals surface area (Å²) in [6.07, 6.45) is 2.18. The summed E-state index contributed by atoms with van der Waals surface area (Å²) in [7, 11) is 0. The highest BCUT2D eigenvalue weighted by atomic mass is 32.2. The van der Waals surface area contributed by atoms with Crippen LogP contribution >= 0.6 is 11.8 Å². The van der Waals surface area contributed by atoms with Gasteiger partial charge in [-0.2, -0.15) is 0 Å². The molecule has 0 aromatic rings. The second kappa shape index (κ2) is 3.01. The fourth-order valence-electron chi connectivity index (χ4n) is 2.29. The fourth-order valence-corrected chi connectivity index (χ4v) is 3.66. The molecule has 0 spiro atoms. The molecule has 1 aliphatic heterocycles. The van der Waals surface area contributed by atoms with Crippen molar-refractivity contribution in [2.45, 2.75) is 46.3 Å². The minimum atomic E-state index is 0.194. The van der Waals surface area contributed by atoms with Gasteiger partial charge in [0, 0.05) is 6.21 Å². The summed E-state index contributed by atoms with van der Waals surface area (Å²) in [6, 6.07) is 0. The number of thioether (sulfide) groups is 1. The molecule has 1 nitrogen and oxygen atoms in total. The Hall–Kier alpha value is 0.0200. The average Bonchev–Trinajstić information content (AvgIpc) is 2.28. The maximum Gasteiger partial charge on any atom is 0.0850 e. The van der Waals surface area contributed by atoms with Gasteiger partial charge in [0.05, 0.1) is 10.6 Å². The molecule has 0 atom stereocenters. The number of hydrogen-bond donors (Lipinski definition) is 0. The molecule has 0 radical (unpaired) electrons. The Morgan fingerprint density at radius 2 is 1.54 bits per heavy atom. The van der Waals surface area contributed by atoms with E-state index in [9.17, 15) is 0 Å². The largest absolute Gasteiger partial charge is 0.285 e. The van der Waals surface area contributed by atoms with Crippen molar-refractivity contribution in [3.8, 4) is 0 Å². The van der Waals surface area contributed by atoms with Crippen molar-refractivity contribution in [2.75, 3.05) is 5.88 Å². The third-order valence-electron chi connectivity index (χ3n) is 2.87. The molecule has 76 valence electrons. The lowest BCUT2D eigenvalue weighted by Gasteiger charge is -2.48. The predicted molar refractivity (Wildman–Crippen MR) is 62.6 cm³/mol. The van der Waals surface area contributed by atoms with E-state index >= 15 is 0 Å². The molecule has 0 saturated carbocycles. The average molecular weight is 199 g/mol. The molecule has 0 aromatic carbocycles. The Kier molecular flexibility index (Phi) is 2.57. The molecular weight excluding hydrogens is 178 g/mol. The lowest BCUT2D eigenvalue weighted by atomic mass is 9.66. The summed E-state index contributed by atoms with van der Waals surface area (Å²) in [6.45, 7) is 13.8. The Morgan fingerprint density at radius 3 is 1.69 bits per heavy atom. The van der Waals surface area contributed by atoms with Gasteiger partial charge in [0.15, 0.2) is 0 Å². The van der Waals surface area contributed by atoms with Crippen LogP contribution in [-0.4, -0.2) is 16.8 Å². The summed E-state index contributed by atoms with van der Waals surface area (Å²) in [5.74, 6) is 0.925. The van der Waals surface area contributed by atoms with E-state index in [1.54, 1.807) is 0 Å². The van der Waals surface area contributed by atoms with E-state index in [1.807, 2.05) is 11.8 Å². The minimum Gasteiger partial charge on any atom is -0.285 e. The summed E-state index contributed by atoms with van der Waals surface area (Å²) in [5.41, 5.74) is 0.547. The molecular formula is C11H21NS. The molecule has 0 N–H and O–H groups in total. The first-order valence-corrected chi connectivity index (χ1v) is 5.84. The van der Waals surface area contributed by atoms with E-state index in [0.29, 0.717) is 0 Å². The van der Waals surface area contributed by atoms with Crippen LogP contribution in [0.5, 0.6) is 0 Å². The molecule has 1 rings (SSSR count). The van der Waals surface area contributed by atoms with Gasteiger partial charge in [0.2, 0.25) is 0 Å². The maximum atomic E-state index is 4.41. The predicted octanol–water partition coefficient (Wildman–Crippen LogP) is 3.59. The zero-order valence-corrected chi connectivity index (χ0v) is 10.5. The molecule has 13 heavy (non-hydrogen) atoms. The van der Waals surface area contributed by atoms with E-state index in [0.717, 1.165) is 5.88 Å². The van der Waals surface area contributed by atoms with Crippen LogP contribution in [0.1, 0.15) is 41.5 Å². The Labute approximate surface area is 86.4 Å². The standard InChI is InChI=1S/C11H21NS/c1-9(2,3)11(10(4,5)6)7-12-8-13-11/h7H,8H2,1-6H3. The van der Waals surface area contributed by atoms with Gasteiger partial charge in [-0.1, -0.05) is 41.5 Å². The third kappa shape index (κ3) is 1.65. The van der Waals surface area contributed by atoms with Gasteiger partial charge in [-0.25, -0.2) is 0 Å². The van der Waals surface area contributed by atoms with E-state index in [4.69, 9.17) is 0 Å². The monoisotopic (exact) mass is 199 g/mol. The highest BCUT2D eigenvalue weighted by Crippen LogP contribution is 2.54. The van der Waals surface area contributed by atoms with Crippen molar-refractivity contribution in [3.05, 3.63) is 0 Å². The zero-order valence-electron chi connectivity index (χ0n) is 9.64. The first-order valence-electron chi connectivity index (χ1n) is 4.86. The lowest BCUT2D eigenvalue weighted by molar-refractivity contribution is 0.207. The molecule has 0 aliphatic carbocycles. The molecule has 0 aromatic heterocycles. The van der Waals surface area contributed by atoms with Crippen molar-refractivity contribution in [2.24, 2.45) is 15.8 Å². The topological polar surface area (TPSA) is 12.4 Å². The van der Waals surface area contributed by atoms with Gasteiger partial charge in [-0.15, -0.1) is 11.8 Å². The van der Waals surface area contributed by atoms with Gasteiger partial charge < -0.3 is 0 Å². The molecule has 1 aliphatic rings.